The van der Waals surface area contributed by atoms with Crippen LogP contribution in [0.15, 0.2) is 12.1 Å². The number of carbonyl (C=O) groups excluding carboxylic acids is 1. The molecule has 1 aromatic rings. The van der Waals surface area contributed by atoms with E-state index in [1.165, 1.54) is 0 Å². The van der Waals surface area contributed by atoms with Crippen LogP contribution < -0.4 is 18.9 Å². The van der Waals surface area contributed by atoms with Crippen LogP contribution >= 0.6 is 0 Å². The van der Waals surface area contributed by atoms with Crippen molar-refractivity contribution in [2.45, 2.75) is 25.7 Å². The number of benzene rings is 1. The molecule has 0 saturated heterocycles. The average molecular weight is 282 g/mol. The standard InChI is InChI=1S/C15H22O5/c1-17-12-10-13(18-2)15(14(11-12)19-3)20-9-7-5-4-6-8-16/h8,10-11H,4-7,9H2,1-3H3. The van der Waals surface area contributed by atoms with Gasteiger partial charge in [-0.15, -0.1) is 0 Å². The number of aldehydes is 1. The fourth-order valence-electron chi connectivity index (χ4n) is 1.80. The molecule has 0 aromatic heterocycles. The molecule has 112 valence electrons. The maximum absolute atomic E-state index is 10.2. The number of hydrogen-bond donors (Lipinski definition) is 0. The maximum Gasteiger partial charge on any atom is 0.203 e. The summed E-state index contributed by atoms with van der Waals surface area (Å²) < 4.78 is 21.5. The van der Waals surface area contributed by atoms with Crippen LogP contribution in [0.1, 0.15) is 25.7 Å². The topological polar surface area (TPSA) is 54.0 Å². The van der Waals surface area contributed by atoms with Crippen molar-refractivity contribution < 1.29 is 23.7 Å². The van der Waals surface area contributed by atoms with Crippen molar-refractivity contribution in [1.82, 2.24) is 0 Å². The minimum Gasteiger partial charge on any atom is -0.496 e. The lowest BCUT2D eigenvalue weighted by Gasteiger charge is -2.15. The lowest BCUT2D eigenvalue weighted by atomic mass is 10.2. The van der Waals surface area contributed by atoms with Gasteiger partial charge in [-0.25, -0.2) is 0 Å². The van der Waals surface area contributed by atoms with E-state index in [1.807, 2.05) is 0 Å². The van der Waals surface area contributed by atoms with Gasteiger partial charge in [0, 0.05) is 18.6 Å². The SMILES string of the molecule is COc1cc(OC)c(OCCCCCC=O)c(OC)c1. The number of rotatable bonds is 10. The van der Waals surface area contributed by atoms with Crippen molar-refractivity contribution in [2.75, 3.05) is 27.9 Å². The van der Waals surface area contributed by atoms with E-state index in [2.05, 4.69) is 0 Å². The molecule has 20 heavy (non-hydrogen) atoms. The summed E-state index contributed by atoms with van der Waals surface area (Å²) in [7, 11) is 4.73. The molecule has 5 heteroatoms. The van der Waals surface area contributed by atoms with Crippen LogP contribution in [-0.2, 0) is 4.79 Å². The summed E-state index contributed by atoms with van der Waals surface area (Å²) in [5, 5.41) is 0. The van der Waals surface area contributed by atoms with Crippen LogP contribution in [0.25, 0.3) is 0 Å². The number of ether oxygens (including phenoxy) is 4. The minimum atomic E-state index is 0.553. The molecular weight excluding hydrogens is 260 g/mol. The molecule has 0 unspecified atom stereocenters. The number of hydrogen-bond acceptors (Lipinski definition) is 5. The third-order valence-electron chi connectivity index (χ3n) is 2.88. The van der Waals surface area contributed by atoms with Crippen molar-refractivity contribution in [2.24, 2.45) is 0 Å². The van der Waals surface area contributed by atoms with Gasteiger partial charge < -0.3 is 23.7 Å². The fourth-order valence-corrected chi connectivity index (χ4v) is 1.80. The molecule has 0 bridgehead atoms. The molecule has 0 aliphatic rings. The highest BCUT2D eigenvalue weighted by Crippen LogP contribution is 2.41. The molecule has 0 atom stereocenters. The van der Waals surface area contributed by atoms with E-state index in [4.69, 9.17) is 18.9 Å². The highest BCUT2D eigenvalue weighted by atomic mass is 16.5. The van der Waals surface area contributed by atoms with E-state index in [0.29, 0.717) is 36.0 Å². The van der Waals surface area contributed by atoms with Crippen LogP contribution in [0.5, 0.6) is 23.0 Å². The van der Waals surface area contributed by atoms with Crippen molar-refractivity contribution in [3.05, 3.63) is 12.1 Å². The summed E-state index contributed by atoms with van der Waals surface area (Å²) in [4.78, 5) is 10.2. The van der Waals surface area contributed by atoms with Gasteiger partial charge in [-0.1, -0.05) is 0 Å². The molecule has 0 saturated carbocycles. The van der Waals surface area contributed by atoms with Crippen LogP contribution in [0, 0.1) is 0 Å². The zero-order valence-electron chi connectivity index (χ0n) is 12.3. The first-order chi connectivity index (χ1) is 9.76. The highest BCUT2D eigenvalue weighted by molar-refractivity contribution is 5.55. The molecule has 0 spiro atoms. The zero-order chi connectivity index (χ0) is 14.8. The van der Waals surface area contributed by atoms with Gasteiger partial charge in [-0.2, -0.15) is 0 Å². The molecule has 5 nitrogen and oxygen atoms in total. The Labute approximate surface area is 119 Å². The van der Waals surface area contributed by atoms with Gasteiger partial charge in [0.2, 0.25) is 5.75 Å². The van der Waals surface area contributed by atoms with Crippen LogP contribution in [0.3, 0.4) is 0 Å². The fraction of sp³-hybridized carbons (Fsp3) is 0.533. The Morgan fingerprint density at radius 1 is 0.950 bits per heavy atom. The van der Waals surface area contributed by atoms with Gasteiger partial charge in [-0.3, -0.25) is 0 Å². The Morgan fingerprint density at radius 2 is 1.60 bits per heavy atom. The summed E-state index contributed by atoms with van der Waals surface area (Å²) in [6.07, 6.45) is 4.28. The van der Waals surface area contributed by atoms with Gasteiger partial charge in [0.25, 0.3) is 0 Å². The van der Waals surface area contributed by atoms with Gasteiger partial charge in [-0.05, 0) is 19.3 Å². The third kappa shape index (κ3) is 4.64. The second-order valence-electron chi connectivity index (χ2n) is 4.23. The average Bonchev–Trinajstić information content (AvgIpc) is 2.50. The van der Waals surface area contributed by atoms with E-state index in [-0.39, 0.29) is 0 Å². The second-order valence-corrected chi connectivity index (χ2v) is 4.23. The van der Waals surface area contributed by atoms with Crippen LogP contribution in [-0.4, -0.2) is 34.2 Å². The first kappa shape index (κ1) is 16.1. The van der Waals surface area contributed by atoms with E-state index >= 15 is 0 Å². The summed E-state index contributed by atoms with van der Waals surface area (Å²) in [5.74, 6) is 2.38. The van der Waals surface area contributed by atoms with Gasteiger partial charge in [0.15, 0.2) is 11.5 Å². The number of unbranched alkanes of at least 4 members (excludes halogenated alkanes) is 3. The summed E-state index contributed by atoms with van der Waals surface area (Å²) in [5.41, 5.74) is 0. The third-order valence-corrected chi connectivity index (χ3v) is 2.88. The minimum absolute atomic E-state index is 0.553. The van der Waals surface area contributed by atoms with Crippen LogP contribution in [0.4, 0.5) is 0 Å². The predicted octanol–water partition coefficient (Wildman–Crippen LogP) is 2.85. The summed E-state index contributed by atoms with van der Waals surface area (Å²) >= 11 is 0. The molecule has 0 heterocycles. The van der Waals surface area contributed by atoms with Crippen molar-refractivity contribution in [3.8, 4) is 23.0 Å². The van der Waals surface area contributed by atoms with Crippen molar-refractivity contribution >= 4 is 6.29 Å². The van der Waals surface area contributed by atoms with Gasteiger partial charge in [0.05, 0.1) is 27.9 Å². The number of methoxy groups -OCH3 is 3. The first-order valence-electron chi connectivity index (χ1n) is 6.63. The van der Waals surface area contributed by atoms with Gasteiger partial charge >= 0.3 is 0 Å². The monoisotopic (exact) mass is 282 g/mol. The predicted molar refractivity (Wildman–Crippen MR) is 76.1 cm³/mol. The molecule has 0 aliphatic heterocycles. The molecule has 0 radical (unpaired) electrons. The van der Waals surface area contributed by atoms with E-state index in [9.17, 15) is 4.79 Å². The van der Waals surface area contributed by atoms with E-state index in [1.54, 1.807) is 33.5 Å². The maximum atomic E-state index is 10.2. The van der Waals surface area contributed by atoms with E-state index < -0.39 is 0 Å². The Bertz CT molecular complexity index is 392. The smallest absolute Gasteiger partial charge is 0.203 e. The Morgan fingerprint density at radius 3 is 2.10 bits per heavy atom. The lowest BCUT2D eigenvalue weighted by Crippen LogP contribution is -2.02. The zero-order valence-corrected chi connectivity index (χ0v) is 12.3. The number of carbonyl (C=O) groups is 1. The van der Waals surface area contributed by atoms with Gasteiger partial charge in [0.1, 0.15) is 12.0 Å². The molecule has 0 aliphatic carbocycles. The summed E-state index contributed by atoms with van der Waals surface area (Å²) in [6, 6.07) is 3.51. The molecular formula is C15H22O5. The lowest BCUT2D eigenvalue weighted by molar-refractivity contribution is -0.107. The Balaban J connectivity index is 2.65. The summed E-state index contributed by atoms with van der Waals surface area (Å²) in [6.45, 7) is 0.553. The van der Waals surface area contributed by atoms with Crippen molar-refractivity contribution in [3.63, 3.8) is 0 Å². The largest absolute Gasteiger partial charge is 0.496 e. The molecule has 1 aromatic carbocycles. The van der Waals surface area contributed by atoms with Crippen molar-refractivity contribution in [1.29, 1.82) is 0 Å². The molecule has 1 rings (SSSR count). The molecule has 0 amide bonds. The highest BCUT2D eigenvalue weighted by Gasteiger charge is 2.14. The van der Waals surface area contributed by atoms with E-state index in [0.717, 1.165) is 25.5 Å². The Kier molecular flexibility index (Phi) is 7.32. The second kappa shape index (κ2) is 9.07. The molecule has 0 fully saturated rings. The quantitative estimate of drug-likeness (QED) is 0.488. The molecule has 0 N–H and O–H groups in total. The van der Waals surface area contributed by atoms with Crippen LogP contribution in [0.2, 0.25) is 0 Å². The normalized spacial score (nSPS) is 9.95. The first-order valence-corrected chi connectivity index (χ1v) is 6.63. The Hall–Kier alpha value is -1.91.